The monoisotopic (exact) mass is 277 g/mol. The molecule has 1 aromatic heterocycles. The molecule has 0 aliphatic carbocycles. The summed E-state index contributed by atoms with van der Waals surface area (Å²) in [6.45, 7) is 0. The Labute approximate surface area is 116 Å². The number of rotatable bonds is 4. The number of carbonyl (C=O) groups excluding carboxylic acids is 1. The van der Waals surface area contributed by atoms with Crippen LogP contribution in [0.2, 0.25) is 0 Å². The van der Waals surface area contributed by atoms with Crippen molar-refractivity contribution in [3.05, 3.63) is 23.9 Å². The molecule has 0 saturated heterocycles. The fraction of sp³-hybridized carbons (Fsp3) is 0.286. The number of nitrogens with zero attached hydrogens (tertiary/aromatic N) is 1. The Morgan fingerprint density at radius 2 is 1.55 bits per heavy atom. The van der Waals surface area contributed by atoms with Gasteiger partial charge in [-0.25, -0.2) is 9.78 Å². The standard InChI is InChI=1S/C14H15NO5/c1-17-9-5-6-10(18-2)13-12(9)11(19-3)7-8(15-13)14(16)20-4/h5-7H,1-4H3. The smallest absolute Gasteiger partial charge is 0.356 e. The highest BCUT2D eigenvalue weighted by Gasteiger charge is 2.18. The van der Waals surface area contributed by atoms with Crippen LogP contribution in [0.4, 0.5) is 0 Å². The van der Waals surface area contributed by atoms with Crippen LogP contribution in [-0.4, -0.2) is 39.4 Å². The third kappa shape index (κ3) is 2.20. The summed E-state index contributed by atoms with van der Waals surface area (Å²) >= 11 is 0. The Balaban J connectivity index is 2.85. The summed E-state index contributed by atoms with van der Waals surface area (Å²) in [5.41, 5.74) is 0.620. The van der Waals surface area contributed by atoms with Crippen molar-refractivity contribution >= 4 is 16.9 Å². The van der Waals surface area contributed by atoms with Gasteiger partial charge in [0.2, 0.25) is 0 Å². The van der Waals surface area contributed by atoms with E-state index in [-0.39, 0.29) is 5.69 Å². The van der Waals surface area contributed by atoms with Crippen LogP contribution in [0, 0.1) is 0 Å². The van der Waals surface area contributed by atoms with Gasteiger partial charge in [0.25, 0.3) is 0 Å². The fourth-order valence-electron chi connectivity index (χ4n) is 1.96. The minimum atomic E-state index is -0.546. The Bertz CT molecular complexity index is 654. The first-order valence-electron chi connectivity index (χ1n) is 5.84. The Morgan fingerprint density at radius 3 is 2.10 bits per heavy atom. The van der Waals surface area contributed by atoms with Gasteiger partial charge in [0.1, 0.15) is 22.8 Å². The Hall–Kier alpha value is -2.50. The molecule has 6 heteroatoms. The zero-order valence-corrected chi connectivity index (χ0v) is 11.7. The van der Waals surface area contributed by atoms with E-state index in [0.717, 1.165) is 0 Å². The van der Waals surface area contributed by atoms with E-state index in [2.05, 4.69) is 9.72 Å². The van der Waals surface area contributed by atoms with Crippen LogP contribution in [0.3, 0.4) is 0 Å². The maximum Gasteiger partial charge on any atom is 0.356 e. The van der Waals surface area contributed by atoms with Crippen molar-refractivity contribution in [2.24, 2.45) is 0 Å². The molecule has 2 rings (SSSR count). The number of fused-ring (bicyclic) bond motifs is 1. The molecule has 0 saturated carbocycles. The van der Waals surface area contributed by atoms with Gasteiger partial charge in [0.15, 0.2) is 5.69 Å². The number of methoxy groups -OCH3 is 4. The average molecular weight is 277 g/mol. The van der Waals surface area contributed by atoms with E-state index in [1.807, 2.05) is 0 Å². The number of hydrogen-bond acceptors (Lipinski definition) is 6. The Morgan fingerprint density at radius 1 is 0.950 bits per heavy atom. The summed E-state index contributed by atoms with van der Waals surface area (Å²) in [5.74, 6) is 1.02. The molecule has 20 heavy (non-hydrogen) atoms. The van der Waals surface area contributed by atoms with Crippen molar-refractivity contribution in [1.29, 1.82) is 0 Å². The first kappa shape index (κ1) is 13.9. The van der Waals surface area contributed by atoms with E-state index >= 15 is 0 Å². The highest BCUT2D eigenvalue weighted by atomic mass is 16.5. The molecule has 0 atom stereocenters. The van der Waals surface area contributed by atoms with E-state index < -0.39 is 5.97 Å². The second-order valence-electron chi connectivity index (χ2n) is 3.90. The summed E-state index contributed by atoms with van der Waals surface area (Å²) in [5, 5.41) is 0.641. The molecule has 0 amide bonds. The number of ether oxygens (including phenoxy) is 4. The molecule has 1 aromatic carbocycles. The van der Waals surface area contributed by atoms with Gasteiger partial charge in [-0.3, -0.25) is 0 Å². The lowest BCUT2D eigenvalue weighted by molar-refractivity contribution is 0.0594. The molecular weight excluding hydrogens is 262 g/mol. The molecule has 0 N–H and O–H groups in total. The predicted octanol–water partition coefficient (Wildman–Crippen LogP) is 2.05. The van der Waals surface area contributed by atoms with Crippen molar-refractivity contribution in [2.45, 2.75) is 0 Å². The number of esters is 1. The maximum atomic E-state index is 11.7. The normalized spacial score (nSPS) is 10.2. The molecule has 2 aromatic rings. The van der Waals surface area contributed by atoms with Crippen molar-refractivity contribution in [3.63, 3.8) is 0 Å². The van der Waals surface area contributed by atoms with E-state index in [9.17, 15) is 4.79 Å². The summed E-state index contributed by atoms with van der Waals surface area (Å²) in [6.07, 6.45) is 0. The predicted molar refractivity (Wildman–Crippen MR) is 72.7 cm³/mol. The third-order valence-electron chi connectivity index (χ3n) is 2.90. The minimum absolute atomic E-state index is 0.142. The molecule has 0 aliphatic rings. The zero-order chi connectivity index (χ0) is 14.7. The SMILES string of the molecule is COC(=O)c1cc(OC)c2c(OC)ccc(OC)c2n1. The minimum Gasteiger partial charge on any atom is -0.496 e. The quantitative estimate of drug-likeness (QED) is 0.797. The molecule has 0 unspecified atom stereocenters. The van der Waals surface area contributed by atoms with Crippen LogP contribution < -0.4 is 14.2 Å². The van der Waals surface area contributed by atoms with E-state index in [4.69, 9.17) is 14.2 Å². The fourth-order valence-corrected chi connectivity index (χ4v) is 1.96. The molecular formula is C14H15NO5. The maximum absolute atomic E-state index is 11.7. The number of benzene rings is 1. The van der Waals surface area contributed by atoms with Gasteiger partial charge in [-0.1, -0.05) is 0 Å². The summed E-state index contributed by atoms with van der Waals surface area (Å²) in [4.78, 5) is 15.9. The van der Waals surface area contributed by atoms with Gasteiger partial charge in [-0.2, -0.15) is 0 Å². The lowest BCUT2D eigenvalue weighted by Crippen LogP contribution is -2.06. The van der Waals surface area contributed by atoms with Gasteiger partial charge in [0.05, 0.1) is 33.8 Å². The molecule has 1 heterocycles. The van der Waals surface area contributed by atoms with Crippen LogP contribution in [-0.2, 0) is 4.74 Å². The highest BCUT2D eigenvalue weighted by Crippen LogP contribution is 2.38. The van der Waals surface area contributed by atoms with Crippen LogP contribution in [0.1, 0.15) is 10.5 Å². The van der Waals surface area contributed by atoms with Crippen molar-refractivity contribution in [2.75, 3.05) is 28.4 Å². The summed E-state index contributed by atoms with van der Waals surface area (Å²) in [6, 6.07) is 4.98. The van der Waals surface area contributed by atoms with E-state index in [1.165, 1.54) is 27.4 Å². The van der Waals surface area contributed by atoms with Crippen molar-refractivity contribution in [1.82, 2.24) is 4.98 Å². The molecule has 106 valence electrons. The lowest BCUT2D eigenvalue weighted by atomic mass is 10.1. The van der Waals surface area contributed by atoms with Crippen LogP contribution in [0.5, 0.6) is 17.2 Å². The zero-order valence-electron chi connectivity index (χ0n) is 11.7. The van der Waals surface area contributed by atoms with Gasteiger partial charge in [-0.15, -0.1) is 0 Å². The van der Waals surface area contributed by atoms with Crippen molar-refractivity contribution in [3.8, 4) is 17.2 Å². The number of aromatic nitrogens is 1. The summed E-state index contributed by atoms with van der Waals surface area (Å²) in [7, 11) is 5.88. The largest absolute Gasteiger partial charge is 0.496 e. The Kier molecular flexibility index (Phi) is 3.93. The first-order valence-corrected chi connectivity index (χ1v) is 5.84. The van der Waals surface area contributed by atoms with Gasteiger partial charge < -0.3 is 18.9 Å². The van der Waals surface area contributed by atoms with Crippen LogP contribution in [0.15, 0.2) is 18.2 Å². The summed E-state index contributed by atoms with van der Waals surface area (Å²) < 4.78 is 20.6. The van der Waals surface area contributed by atoms with Crippen molar-refractivity contribution < 1.29 is 23.7 Å². The molecule has 0 bridgehead atoms. The average Bonchev–Trinajstić information content (AvgIpc) is 2.51. The van der Waals surface area contributed by atoms with E-state index in [1.54, 1.807) is 19.2 Å². The van der Waals surface area contributed by atoms with Gasteiger partial charge >= 0.3 is 5.97 Å². The van der Waals surface area contributed by atoms with Gasteiger partial charge in [-0.05, 0) is 12.1 Å². The molecule has 0 aliphatic heterocycles. The van der Waals surface area contributed by atoms with E-state index in [0.29, 0.717) is 28.2 Å². The second kappa shape index (κ2) is 5.64. The third-order valence-corrected chi connectivity index (χ3v) is 2.90. The second-order valence-corrected chi connectivity index (χ2v) is 3.90. The number of carbonyl (C=O) groups is 1. The molecule has 6 nitrogen and oxygen atoms in total. The topological polar surface area (TPSA) is 66.9 Å². The molecule has 0 fully saturated rings. The highest BCUT2D eigenvalue weighted by molar-refractivity contribution is 5.99. The number of pyridine rings is 1. The molecule has 0 spiro atoms. The van der Waals surface area contributed by atoms with Crippen LogP contribution >= 0.6 is 0 Å². The van der Waals surface area contributed by atoms with Gasteiger partial charge in [0, 0.05) is 6.07 Å². The molecule has 0 radical (unpaired) electrons. The lowest BCUT2D eigenvalue weighted by Gasteiger charge is -2.13. The van der Waals surface area contributed by atoms with Crippen LogP contribution in [0.25, 0.3) is 10.9 Å². The number of hydrogen-bond donors (Lipinski definition) is 0. The first-order chi connectivity index (χ1) is 9.65.